The summed E-state index contributed by atoms with van der Waals surface area (Å²) in [5, 5.41) is 21.4. The van der Waals surface area contributed by atoms with Gasteiger partial charge >= 0.3 is 36.4 Å². The van der Waals surface area contributed by atoms with E-state index in [1.807, 2.05) is 30.6 Å². The van der Waals surface area contributed by atoms with E-state index in [-0.39, 0.29) is 0 Å². The van der Waals surface area contributed by atoms with Gasteiger partial charge in [-0.3, -0.25) is 9.88 Å². The van der Waals surface area contributed by atoms with Crippen LogP contribution in [0.15, 0.2) is 48.9 Å². The van der Waals surface area contributed by atoms with Gasteiger partial charge in [0.25, 0.3) is 0 Å². The van der Waals surface area contributed by atoms with Crippen LogP contribution >= 0.6 is 11.8 Å². The van der Waals surface area contributed by atoms with E-state index in [0.717, 1.165) is 37.7 Å². The third-order valence-corrected chi connectivity index (χ3v) is 6.58. The van der Waals surface area contributed by atoms with Gasteiger partial charge in [-0.05, 0) is 23.8 Å². The smallest absolute Gasteiger partial charge is 0.475 e. The van der Waals surface area contributed by atoms with E-state index in [4.69, 9.17) is 34.4 Å². The first kappa shape index (κ1) is 37.2. The lowest BCUT2D eigenvalue weighted by atomic mass is 9.92. The average Bonchev–Trinajstić information content (AvgIpc) is 3.28. The van der Waals surface area contributed by atoms with Crippen LogP contribution in [0.2, 0.25) is 0 Å². The van der Waals surface area contributed by atoms with E-state index in [1.165, 1.54) is 5.56 Å². The van der Waals surface area contributed by atoms with Crippen LogP contribution < -0.4 is 4.74 Å². The standard InChI is InChI=1S/C17H19N3OS.3C2HF3O2/c1-2-6-19-16(3-1)21-15-9-17(22-11-15)12-20(13-17)10-14-4-7-18-8-5-14;3*3-2(4,5)1(6)7/h1-8,15H,9-13H2;3*(H,6,7). The number of thioether (sulfide) groups is 1. The number of hydrogen-bond acceptors (Lipinski definition) is 8. The highest BCUT2D eigenvalue weighted by atomic mass is 32.2. The van der Waals surface area contributed by atoms with Gasteiger partial charge in [-0.15, -0.1) is 11.8 Å². The molecule has 1 unspecified atom stereocenters. The molecule has 4 rings (SSSR count). The Morgan fingerprint density at radius 1 is 0.837 bits per heavy atom. The number of aliphatic carboxylic acids is 3. The van der Waals surface area contributed by atoms with Crippen LogP contribution in [0.1, 0.15) is 12.0 Å². The van der Waals surface area contributed by atoms with Crippen molar-refractivity contribution in [2.24, 2.45) is 0 Å². The summed E-state index contributed by atoms with van der Waals surface area (Å²) < 4.78 is 102. The van der Waals surface area contributed by atoms with Crippen molar-refractivity contribution in [3.8, 4) is 5.88 Å². The second kappa shape index (κ2) is 15.6. The Morgan fingerprint density at radius 3 is 1.70 bits per heavy atom. The SMILES string of the molecule is O=C(O)C(F)(F)F.O=C(O)C(F)(F)F.O=C(O)C(F)(F)F.c1ccc(OC2CSC3(C2)CN(Cc2ccncc2)C3)nc1. The van der Waals surface area contributed by atoms with E-state index in [0.29, 0.717) is 10.9 Å². The van der Waals surface area contributed by atoms with Gasteiger partial charge in [-0.25, -0.2) is 19.4 Å². The number of pyridine rings is 2. The molecule has 0 bridgehead atoms. The van der Waals surface area contributed by atoms with Gasteiger partial charge < -0.3 is 20.1 Å². The van der Waals surface area contributed by atoms with Crippen molar-refractivity contribution in [2.75, 3.05) is 18.8 Å². The average molecular weight is 655 g/mol. The molecule has 10 nitrogen and oxygen atoms in total. The molecule has 43 heavy (non-hydrogen) atoms. The lowest BCUT2D eigenvalue weighted by Gasteiger charge is -2.47. The monoisotopic (exact) mass is 655 g/mol. The first-order chi connectivity index (χ1) is 19.6. The second-order valence-electron chi connectivity index (χ2n) is 8.52. The van der Waals surface area contributed by atoms with Gasteiger partial charge in [0.2, 0.25) is 5.88 Å². The molecule has 0 aromatic carbocycles. The number of carboxylic acids is 3. The Morgan fingerprint density at radius 2 is 1.30 bits per heavy atom. The van der Waals surface area contributed by atoms with Gasteiger partial charge in [0, 0.05) is 61.2 Å². The molecule has 0 saturated carbocycles. The highest BCUT2D eigenvalue weighted by Gasteiger charge is 2.49. The van der Waals surface area contributed by atoms with Crippen LogP contribution in [0, 0.1) is 0 Å². The summed E-state index contributed by atoms with van der Waals surface area (Å²) in [5.41, 5.74) is 1.34. The highest BCUT2D eigenvalue weighted by molar-refractivity contribution is 8.01. The molecular weight excluding hydrogens is 633 g/mol. The van der Waals surface area contributed by atoms with Crippen molar-refractivity contribution >= 4 is 29.7 Å². The summed E-state index contributed by atoms with van der Waals surface area (Å²) in [6.07, 6.45) is -8.31. The molecule has 2 aliphatic rings. The first-order valence-corrected chi connectivity index (χ1v) is 12.4. The van der Waals surface area contributed by atoms with Crippen molar-refractivity contribution in [3.63, 3.8) is 0 Å². The predicted octanol–water partition coefficient (Wildman–Crippen LogP) is 4.52. The number of halogens is 9. The summed E-state index contributed by atoms with van der Waals surface area (Å²) in [6, 6.07) is 10.0. The number of ether oxygens (including phenoxy) is 1. The van der Waals surface area contributed by atoms with Crippen LogP contribution in [0.3, 0.4) is 0 Å². The summed E-state index contributed by atoms with van der Waals surface area (Å²) >= 11 is 2.07. The van der Waals surface area contributed by atoms with E-state index in [1.54, 1.807) is 6.20 Å². The van der Waals surface area contributed by atoms with Crippen molar-refractivity contribution in [2.45, 2.75) is 42.3 Å². The van der Waals surface area contributed by atoms with Gasteiger partial charge in [0.1, 0.15) is 6.10 Å². The summed E-state index contributed by atoms with van der Waals surface area (Å²) in [5.74, 6) is -6.45. The molecular formula is C23H22F9N3O7S. The maximum absolute atomic E-state index is 10.6. The number of hydrogen-bond donors (Lipinski definition) is 3. The fourth-order valence-corrected chi connectivity index (χ4v) is 4.89. The topological polar surface area (TPSA) is 150 Å². The van der Waals surface area contributed by atoms with Crippen molar-refractivity contribution in [1.82, 2.24) is 14.9 Å². The molecule has 0 aliphatic carbocycles. The molecule has 2 fully saturated rings. The van der Waals surface area contributed by atoms with E-state index in [2.05, 4.69) is 38.8 Å². The lowest BCUT2D eigenvalue weighted by Crippen LogP contribution is -2.58. The van der Waals surface area contributed by atoms with Crippen LogP contribution in [0.4, 0.5) is 39.5 Å². The van der Waals surface area contributed by atoms with E-state index < -0.39 is 36.4 Å². The molecule has 2 saturated heterocycles. The number of carbonyl (C=O) groups is 3. The minimum atomic E-state index is -5.08. The Bertz CT molecular complexity index is 1120. The molecule has 0 radical (unpaired) electrons. The number of carboxylic acid groups (broad SMARTS) is 3. The van der Waals surface area contributed by atoms with Gasteiger partial charge in [0.05, 0.1) is 0 Å². The molecule has 240 valence electrons. The predicted molar refractivity (Wildman–Crippen MR) is 129 cm³/mol. The molecule has 20 heteroatoms. The van der Waals surface area contributed by atoms with Crippen LogP contribution in [-0.4, -0.2) is 96.3 Å². The Hall–Kier alpha value is -3.81. The zero-order valence-corrected chi connectivity index (χ0v) is 22.2. The summed E-state index contributed by atoms with van der Waals surface area (Å²) in [4.78, 5) is 37.5. The normalized spacial score (nSPS) is 17.5. The first-order valence-electron chi connectivity index (χ1n) is 11.4. The Kier molecular flexibility index (Phi) is 13.5. The number of rotatable bonds is 4. The maximum atomic E-state index is 10.6. The van der Waals surface area contributed by atoms with Crippen molar-refractivity contribution < 1.29 is 74.0 Å². The zero-order valence-electron chi connectivity index (χ0n) is 21.4. The summed E-state index contributed by atoms with van der Waals surface area (Å²) in [6.45, 7) is 3.33. The van der Waals surface area contributed by atoms with Crippen LogP contribution in [0.25, 0.3) is 0 Å². The van der Waals surface area contributed by atoms with Crippen molar-refractivity contribution in [3.05, 3.63) is 54.5 Å². The highest BCUT2D eigenvalue weighted by Crippen LogP contribution is 2.46. The van der Waals surface area contributed by atoms with Crippen LogP contribution in [0.5, 0.6) is 5.88 Å². The molecule has 0 amide bonds. The van der Waals surface area contributed by atoms with E-state index in [9.17, 15) is 39.5 Å². The minimum absolute atomic E-state index is 0.294. The zero-order chi connectivity index (χ0) is 33.1. The third-order valence-electron chi connectivity index (χ3n) is 5.01. The fraction of sp³-hybridized carbons (Fsp3) is 0.435. The minimum Gasteiger partial charge on any atom is -0.475 e. The second-order valence-corrected chi connectivity index (χ2v) is 10.0. The largest absolute Gasteiger partial charge is 0.490 e. The molecule has 1 atom stereocenters. The molecule has 4 heterocycles. The molecule has 2 aliphatic heterocycles. The van der Waals surface area contributed by atoms with Gasteiger partial charge in [-0.2, -0.15) is 39.5 Å². The number of alkyl halides is 9. The summed E-state index contributed by atoms with van der Waals surface area (Å²) in [7, 11) is 0. The third kappa shape index (κ3) is 14.3. The quantitative estimate of drug-likeness (QED) is 0.399. The van der Waals surface area contributed by atoms with Gasteiger partial charge in [-0.1, -0.05) is 6.07 Å². The van der Waals surface area contributed by atoms with E-state index >= 15 is 0 Å². The Labute approximate surface area is 240 Å². The Balaban J connectivity index is 0.000000363. The molecule has 1 spiro atoms. The number of likely N-dealkylation sites (tertiary alicyclic amines) is 1. The van der Waals surface area contributed by atoms with Crippen LogP contribution in [-0.2, 0) is 20.9 Å². The van der Waals surface area contributed by atoms with Crippen molar-refractivity contribution in [1.29, 1.82) is 0 Å². The molecule has 2 aromatic rings. The lowest BCUT2D eigenvalue weighted by molar-refractivity contribution is -0.193. The molecule has 2 aromatic heterocycles. The number of nitrogens with zero attached hydrogens (tertiary/aromatic N) is 3. The number of aromatic nitrogens is 2. The van der Waals surface area contributed by atoms with Gasteiger partial charge in [0.15, 0.2) is 0 Å². The maximum Gasteiger partial charge on any atom is 0.490 e. The molecule has 3 N–H and O–H groups in total. The fourth-order valence-electron chi connectivity index (χ4n) is 3.31.